The van der Waals surface area contributed by atoms with E-state index in [4.69, 9.17) is 5.73 Å². The van der Waals surface area contributed by atoms with Crippen molar-refractivity contribution in [2.75, 3.05) is 0 Å². The van der Waals surface area contributed by atoms with Crippen molar-refractivity contribution in [3.8, 4) is 0 Å². The normalized spacial score (nSPS) is 33.4. The van der Waals surface area contributed by atoms with Gasteiger partial charge >= 0.3 is 0 Å². The van der Waals surface area contributed by atoms with Gasteiger partial charge in [-0.2, -0.15) is 0 Å². The molecule has 0 unspecified atom stereocenters. The number of rotatable bonds is 2. The molecule has 0 bridgehead atoms. The molecule has 0 aromatic rings. The van der Waals surface area contributed by atoms with Gasteiger partial charge < -0.3 is 5.73 Å². The van der Waals surface area contributed by atoms with Crippen LogP contribution in [0.1, 0.15) is 26.2 Å². The lowest BCUT2D eigenvalue weighted by atomic mass is 9.72. The predicted octanol–water partition coefficient (Wildman–Crippen LogP) is 1.90. The molecule has 0 aromatic carbocycles. The second-order valence-electron chi connectivity index (χ2n) is 3.02. The van der Waals surface area contributed by atoms with Crippen LogP contribution in [0.25, 0.3) is 0 Å². The van der Waals surface area contributed by atoms with Crippen molar-refractivity contribution in [2.24, 2.45) is 17.6 Å². The quantitative estimate of drug-likeness (QED) is 0.599. The molecule has 0 heterocycles. The first-order valence-corrected chi connectivity index (χ1v) is 3.68. The number of hydrogen-bond donors (Lipinski definition) is 1. The van der Waals surface area contributed by atoms with Crippen molar-refractivity contribution in [2.45, 2.75) is 26.2 Å². The Kier molecular flexibility index (Phi) is 1.79. The molecular formula is C8H15N. The molecule has 1 aliphatic carbocycles. The average molecular weight is 125 g/mol. The third kappa shape index (κ3) is 1.26. The molecule has 0 amide bonds. The Morgan fingerprint density at radius 1 is 1.67 bits per heavy atom. The van der Waals surface area contributed by atoms with Crippen molar-refractivity contribution >= 4 is 0 Å². The molecule has 1 heteroatoms. The first kappa shape index (κ1) is 6.66. The van der Waals surface area contributed by atoms with Gasteiger partial charge in [-0.25, -0.2) is 0 Å². The largest absolute Gasteiger partial charge is 0.402 e. The smallest absolute Gasteiger partial charge is 0.00392 e. The summed E-state index contributed by atoms with van der Waals surface area (Å²) in [5.41, 5.74) is 6.41. The molecule has 2 N–H and O–H groups in total. The van der Waals surface area contributed by atoms with Crippen molar-refractivity contribution in [3.05, 3.63) is 12.3 Å². The highest BCUT2D eigenvalue weighted by Crippen LogP contribution is 2.38. The second-order valence-corrected chi connectivity index (χ2v) is 3.02. The van der Waals surface area contributed by atoms with Gasteiger partial charge in [-0.3, -0.25) is 0 Å². The lowest BCUT2D eigenvalue weighted by Crippen LogP contribution is -2.27. The zero-order chi connectivity index (χ0) is 6.85. The summed E-state index contributed by atoms with van der Waals surface area (Å²) in [4.78, 5) is 0. The minimum atomic E-state index is 0.648. The van der Waals surface area contributed by atoms with E-state index in [1.165, 1.54) is 19.3 Å². The Hall–Kier alpha value is -0.460. The van der Waals surface area contributed by atoms with Gasteiger partial charge in [0.2, 0.25) is 0 Å². The molecule has 0 aromatic heterocycles. The summed E-state index contributed by atoms with van der Waals surface area (Å²) in [7, 11) is 0. The summed E-state index contributed by atoms with van der Waals surface area (Å²) in [5, 5.41) is 0. The molecule has 0 atom stereocenters. The van der Waals surface area contributed by atoms with E-state index in [-0.39, 0.29) is 0 Å². The summed E-state index contributed by atoms with van der Waals surface area (Å²) in [6.45, 7) is 5.96. The molecule has 9 heavy (non-hydrogen) atoms. The summed E-state index contributed by atoms with van der Waals surface area (Å²) in [5.74, 6) is 1.59. The van der Waals surface area contributed by atoms with E-state index < -0.39 is 0 Å². The van der Waals surface area contributed by atoms with Gasteiger partial charge in [-0.05, 0) is 24.7 Å². The number of allylic oxidation sites excluding steroid dienone is 1. The molecule has 0 spiro atoms. The third-order valence-corrected chi connectivity index (χ3v) is 2.34. The Morgan fingerprint density at radius 2 is 2.22 bits per heavy atom. The zero-order valence-electron chi connectivity index (χ0n) is 6.06. The monoisotopic (exact) mass is 125 g/mol. The Balaban J connectivity index is 2.19. The first-order chi connectivity index (χ1) is 4.24. The summed E-state index contributed by atoms with van der Waals surface area (Å²) in [6.07, 6.45) is 3.88. The average Bonchev–Trinajstić information content (AvgIpc) is 1.61. The minimum Gasteiger partial charge on any atom is -0.402 e. The van der Waals surface area contributed by atoms with Crippen LogP contribution in [0.15, 0.2) is 12.3 Å². The molecule has 0 saturated heterocycles. The highest BCUT2D eigenvalue weighted by Gasteiger charge is 2.27. The lowest BCUT2D eigenvalue weighted by molar-refractivity contribution is 0.220. The maximum atomic E-state index is 5.52. The van der Waals surface area contributed by atoms with E-state index in [0.29, 0.717) is 5.92 Å². The molecule has 52 valence electrons. The Labute approximate surface area is 56.9 Å². The second kappa shape index (κ2) is 2.42. The van der Waals surface area contributed by atoms with Crippen LogP contribution in [-0.4, -0.2) is 0 Å². The SMILES string of the molecule is C=C(N)C1CC(CC)C1. The van der Waals surface area contributed by atoms with E-state index in [2.05, 4.69) is 13.5 Å². The van der Waals surface area contributed by atoms with E-state index in [1.807, 2.05) is 0 Å². The van der Waals surface area contributed by atoms with Crippen LogP contribution in [0.4, 0.5) is 0 Å². The number of hydrogen-bond acceptors (Lipinski definition) is 1. The molecule has 1 rings (SSSR count). The van der Waals surface area contributed by atoms with Gasteiger partial charge in [0.15, 0.2) is 0 Å². The van der Waals surface area contributed by atoms with Gasteiger partial charge in [-0.1, -0.05) is 19.9 Å². The fraction of sp³-hybridized carbons (Fsp3) is 0.750. The zero-order valence-corrected chi connectivity index (χ0v) is 6.06. The van der Waals surface area contributed by atoms with Gasteiger partial charge in [-0.15, -0.1) is 0 Å². The van der Waals surface area contributed by atoms with Crippen molar-refractivity contribution in [1.82, 2.24) is 0 Å². The minimum absolute atomic E-state index is 0.648. The molecule has 1 nitrogen and oxygen atoms in total. The maximum absolute atomic E-state index is 5.52. The van der Waals surface area contributed by atoms with Crippen LogP contribution >= 0.6 is 0 Å². The standard InChI is InChI=1S/C8H15N/c1-3-7-4-8(5-7)6(2)9/h7-8H,2-5,9H2,1H3. The van der Waals surface area contributed by atoms with Gasteiger partial charge in [0, 0.05) is 5.70 Å². The fourth-order valence-electron chi connectivity index (χ4n) is 1.37. The molecule has 0 aliphatic heterocycles. The first-order valence-electron chi connectivity index (χ1n) is 3.68. The van der Waals surface area contributed by atoms with Gasteiger partial charge in [0.25, 0.3) is 0 Å². The highest BCUT2D eigenvalue weighted by atomic mass is 14.6. The Morgan fingerprint density at radius 3 is 2.56 bits per heavy atom. The number of nitrogens with two attached hydrogens (primary N) is 1. The van der Waals surface area contributed by atoms with E-state index in [1.54, 1.807) is 0 Å². The lowest BCUT2D eigenvalue weighted by Gasteiger charge is -2.34. The van der Waals surface area contributed by atoms with Crippen LogP contribution in [0.3, 0.4) is 0 Å². The molecule has 0 radical (unpaired) electrons. The van der Waals surface area contributed by atoms with E-state index >= 15 is 0 Å². The van der Waals surface area contributed by atoms with E-state index in [9.17, 15) is 0 Å². The topological polar surface area (TPSA) is 26.0 Å². The maximum Gasteiger partial charge on any atom is 0.00392 e. The summed E-state index contributed by atoms with van der Waals surface area (Å²) in [6, 6.07) is 0. The molecule has 1 aliphatic rings. The van der Waals surface area contributed by atoms with E-state index in [0.717, 1.165) is 11.6 Å². The summed E-state index contributed by atoms with van der Waals surface area (Å²) >= 11 is 0. The van der Waals surface area contributed by atoms with Gasteiger partial charge in [0.05, 0.1) is 0 Å². The van der Waals surface area contributed by atoms with Gasteiger partial charge in [0.1, 0.15) is 0 Å². The fourth-order valence-corrected chi connectivity index (χ4v) is 1.37. The molecule has 1 saturated carbocycles. The molecular weight excluding hydrogens is 110 g/mol. The van der Waals surface area contributed by atoms with Crippen LogP contribution in [0.2, 0.25) is 0 Å². The van der Waals surface area contributed by atoms with Crippen LogP contribution in [0, 0.1) is 11.8 Å². The van der Waals surface area contributed by atoms with Crippen LogP contribution in [-0.2, 0) is 0 Å². The van der Waals surface area contributed by atoms with Crippen molar-refractivity contribution in [1.29, 1.82) is 0 Å². The predicted molar refractivity (Wildman–Crippen MR) is 39.8 cm³/mol. The third-order valence-electron chi connectivity index (χ3n) is 2.34. The van der Waals surface area contributed by atoms with Crippen molar-refractivity contribution < 1.29 is 0 Å². The van der Waals surface area contributed by atoms with Crippen molar-refractivity contribution in [3.63, 3.8) is 0 Å². The Bertz CT molecular complexity index is 112. The van der Waals surface area contributed by atoms with Crippen LogP contribution in [0.5, 0.6) is 0 Å². The summed E-state index contributed by atoms with van der Waals surface area (Å²) < 4.78 is 0. The molecule has 1 fully saturated rings. The van der Waals surface area contributed by atoms with Crippen LogP contribution < -0.4 is 5.73 Å². The highest BCUT2D eigenvalue weighted by molar-refractivity contribution is 5.00.